The molecule has 0 aliphatic carbocycles. The molecule has 0 radical (unpaired) electrons. The van der Waals surface area contributed by atoms with E-state index in [0.717, 1.165) is 16.7 Å². The molecule has 7 heteroatoms. The highest BCUT2D eigenvalue weighted by molar-refractivity contribution is 6.30. The molecule has 30 heavy (non-hydrogen) atoms. The molecule has 0 saturated heterocycles. The first kappa shape index (κ1) is 18.4. The summed E-state index contributed by atoms with van der Waals surface area (Å²) >= 11 is 6.27. The quantitative estimate of drug-likeness (QED) is 0.510. The molecule has 6 nitrogen and oxygen atoms in total. The number of H-pyrrole nitrogens is 1. The van der Waals surface area contributed by atoms with Crippen molar-refractivity contribution in [2.45, 2.75) is 12.6 Å². The number of carbonyl (C=O) groups is 1. The molecule has 1 amide bonds. The molecule has 3 heterocycles. The standard InChI is InChI=1S/C23H17ClN4O2/c24-16-7-3-6-15(11-16)22-19-20(17-8-1-2-9-18(17)29)26-27-21(19)23(30)28(22)13-14-5-4-10-25-12-14/h1-12,22,29H,13H2,(H,26,27). The van der Waals surface area contributed by atoms with E-state index in [1.54, 1.807) is 41.6 Å². The summed E-state index contributed by atoms with van der Waals surface area (Å²) in [7, 11) is 0. The van der Waals surface area contributed by atoms with Crippen molar-refractivity contribution in [3.63, 3.8) is 0 Å². The maximum atomic E-state index is 13.3. The van der Waals surface area contributed by atoms with Gasteiger partial charge >= 0.3 is 0 Å². The van der Waals surface area contributed by atoms with Crippen LogP contribution < -0.4 is 0 Å². The van der Waals surface area contributed by atoms with E-state index in [2.05, 4.69) is 15.2 Å². The van der Waals surface area contributed by atoms with Crippen molar-refractivity contribution >= 4 is 17.5 Å². The third-order valence-corrected chi connectivity index (χ3v) is 5.50. The first-order valence-electron chi connectivity index (χ1n) is 9.45. The van der Waals surface area contributed by atoms with Gasteiger partial charge in [0.2, 0.25) is 0 Å². The fraction of sp³-hybridized carbons (Fsp3) is 0.0870. The van der Waals surface area contributed by atoms with Gasteiger partial charge in [0.1, 0.15) is 17.1 Å². The summed E-state index contributed by atoms with van der Waals surface area (Å²) < 4.78 is 0. The Bertz CT molecular complexity index is 1240. The van der Waals surface area contributed by atoms with Crippen LogP contribution in [0.15, 0.2) is 73.1 Å². The number of aromatic amines is 1. The summed E-state index contributed by atoms with van der Waals surface area (Å²) in [6.45, 7) is 0.382. The summed E-state index contributed by atoms with van der Waals surface area (Å²) in [5.41, 5.74) is 4.06. The van der Waals surface area contributed by atoms with Crippen LogP contribution in [0.2, 0.25) is 5.02 Å². The van der Waals surface area contributed by atoms with Gasteiger partial charge in [0.25, 0.3) is 5.91 Å². The second kappa shape index (κ2) is 7.31. The van der Waals surface area contributed by atoms with Crippen molar-refractivity contribution in [1.82, 2.24) is 20.1 Å². The highest BCUT2D eigenvalue weighted by atomic mass is 35.5. The molecule has 1 atom stereocenters. The molecule has 2 N–H and O–H groups in total. The topological polar surface area (TPSA) is 82.1 Å². The zero-order valence-corrected chi connectivity index (χ0v) is 16.5. The van der Waals surface area contributed by atoms with E-state index in [1.807, 2.05) is 36.4 Å². The lowest BCUT2D eigenvalue weighted by Gasteiger charge is -2.26. The minimum Gasteiger partial charge on any atom is -0.507 e. The van der Waals surface area contributed by atoms with Crippen LogP contribution in [0.4, 0.5) is 0 Å². The average Bonchev–Trinajstić information content (AvgIpc) is 3.29. The molecule has 2 aromatic carbocycles. The number of amides is 1. The number of carbonyl (C=O) groups excluding carboxylic acids is 1. The van der Waals surface area contributed by atoms with Gasteiger partial charge in [-0.2, -0.15) is 5.10 Å². The number of benzene rings is 2. The molecule has 1 aliphatic rings. The van der Waals surface area contributed by atoms with Crippen LogP contribution in [-0.2, 0) is 6.54 Å². The molecule has 0 fully saturated rings. The van der Waals surface area contributed by atoms with Crippen molar-refractivity contribution in [1.29, 1.82) is 0 Å². The Kier molecular flexibility index (Phi) is 4.48. The van der Waals surface area contributed by atoms with Gasteiger partial charge in [-0.1, -0.05) is 41.9 Å². The minimum atomic E-state index is -0.403. The Morgan fingerprint density at radius 1 is 1.10 bits per heavy atom. The van der Waals surface area contributed by atoms with Crippen molar-refractivity contribution in [3.8, 4) is 17.0 Å². The molecule has 1 aliphatic heterocycles. The van der Waals surface area contributed by atoms with E-state index in [9.17, 15) is 9.90 Å². The third kappa shape index (κ3) is 3.02. The van der Waals surface area contributed by atoms with Crippen LogP contribution in [0.5, 0.6) is 5.75 Å². The maximum absolute atomic E-state index is 13.3. The van der Waals surface area contributed by atoms with Gasteiger partial charge in [0, 0.05) is 35.1 Å². The zero-order chi connectivity index (χ0) is 20.7. The monoisotopic (exact) mass is 416 g/mol. The van der Waals surface area contributed by atoms with Crippen molar-refractivity contribution in [2.75, 3.05) is 0 Å². The number of nitrogens with zero attached hydrogens (tertiary/aromatic N) is 3. The summed E-state index contributed by atoms with van der Waals surface area (Å²) in [5.74, 6) is -0.0530. The first-order valence-corrected chi connectivity index (χ1v) is 9.83. The van der Waals surface area contributed by atoms with Crippen LogP contribution in [0.3, 0.4) is 0 Å². The van der Waals surface area contributed by atoms with Crippen molar-refractivity contribution in [3.05, 3.63) is 100 Å². The minimum absolute atomic E-state index is 0.106. The number of phenolic OH excluding ortho intramolecular Hbond substituents is 1. The predicted molar refractivity (Wildman–Crippen MR) is 113 cm³/mol. The molecule has 2 aromatic heterocycles. The highest BCUT2D eigenvalue weighted by Crippen LogP contribution is 2.45. The summed E-state index contributed by atoms with van der Waals surface area (Å²) in [6.07, 6.45) is 3.45. The molecule has 0 saturated carbocycles. The third-order valence-electron chi connectivity index (χ3n) is 5.26. The number of aromatic hydroxyl groups is 1. The second-order valence-electron chi connectivity index (χ2n) is 7.13. The average molecular weight is 417 g/mol. The van der Waals surface area contributed by atoms with Gasteiger partial charge in [-0.25, -0.2) is 0 Å². The molecule has 5 rings (SSSR count). The van der Waals surface area contributed by atoms with Gasteiger partial charge in [0.05, 0.1) is 6.04 Å². The number of hydrogen-bond acceptors (Lipinski definition) is 4. The Morgan fingerprint density at radius 2 is 1.97 bits per heavy atom. The maximum Gasteiger partial charge on any atom is 0.273 e. The fourth-order valence-electron chi connectivity index (χ4n) is 3.95. The number of pyridine rings is 1. The van der Waals surface area contributed by atoms with Gasteiger partial charge in [-0.3, -0.25) is 14.9 Å². The Balaban J connectivity index is 1.68. The SMILES string of the molecule is O=C1c2[nH]nc(-c3ccccc3O)c2C(c2cccc(Cl)c2)N1Cc1cccnc1. The predicted octanol–water partition coefficient (Wildman–Crippen LogP) is 4.58. The first-order chi connectivity index (χ1) is 14.6. The molecule has 0 spiro atoms. The van der Waals surface area contributed by atoms with Crippen LogP contribution in [0, 0.1) is 0 Å². The highest BCUT2D eigenvalue weighted by Gasteiger charge is 2.42. The van der Waals surface area contributed by atoms with E-state index in [4.69, 9.17) is 11.6 Å². The lowest BCUT2D eigenvalue weighted by Crippen LogP contribution is -2.29. The second-order valence-corrected chi connectivity index (χ2v) is 7.57. The van der Waals surface area contributed by atoms with E-state index >= 15 is 0 Å². The van der Waals surface area contributed by atoms with E-state index in [0.29, 0.717) is 28.5 Å². The zero-order valence-electron chi connectivity index (χ0n) is 15.8. The summed E-state index contributed by atoms with van der Waals surface area (Å²) in [6, 6.07) is 17.8. The van der Waals surface area contributed by atoms with Gasteiger partial charge in [-0.15, -0.1) is 0 Å². The molecule has 1 unspecified atom stereocenters. The molecular formula is C23H17ClN4O2. The number of halogens is 1. The van der Waals surface area contributed by atoms with Crippen molar-refractivity contribution in [2.24, 2.45) is 0 Å². The number of phenols is 1. The van der Waals surface area contributed by atoms with E-state index in [1.165, 1.54) is 0 Å². The number of aromatic nitrogens is 3. The van der Waals surface area contributed by atoms with Crippen LogP contribution in [0.25, 0.3) is 11.3 Å². The van der Waals surface area contributed by atoms with Gasteiger partial charge in [-0.05, 0) is 41.5 Å². The number of hydrogen-bond donors (Lipinski definition) is 2. The summed E-state index contributed by atoms with van der Waals surface area (Å²) in [4.78, 5) is 19.3. The summed E-state index contributed by atoms with van der Waals surface area (Å²) in [5, 5.41) is 18.3. The number of fused-ring (bicyclic) bond motifs is 1. The Hall–Kier alpha value is -3.64. The Morgan fingerprint density at radius 3 is 2.73 bits per heavy atom. The fourth-order valence-corrected chi connectivity index (χ4v) is 4.15. The molecule has 0 bridgehead atoms. The molecule has 4 aromatic rings. The lowest BCUT2D eigenvalue weighted by atomic mass is 9.95. The van der Waals surface area contributed by atoms with Gasteiger partial charge in [0.15, 0.2) is 0 Å². The van der Waals surface area contributed by atoms with Gasteiger partial charge < -0.3 is 10.0 Å². The Labute approximate surface area is 177 Å². The van der Waals surface area contributed by atoms with E-state index in [-0.39, 0.29) is 11.7 Å². The van der Waals surface area contributed by atoms with Crippen LogP contribution >= 0.6 is 11.6 Å². The van der Waals surface area contributed by atoms with Crippen LogP contribution in [-0.4, -0.2) is 31.1 Å². The number of nitrogens with one attached hydrogen (secondary N) is 1. The normalized spacial score (nSPS) is 15.4. The number of rotatable bonds is 4. The largest absolute Gasteiger partial charge is 0.507 e. The smallest absolute Gasteiger partial charge is 0.273 e. The molecule has 148 valence electrons. The molecular weight excluding hydrogens is 400 g/mol. The van der Waals surface area contributed by atoms with E-state index < -0.39 is 6.04 Å². The van der Waals surface area contributed by atoms with Crippen molar-refractivity contribution < 1.29 is 9.90 Å². The lowest BCUT2D eigenvalue weighted by molar-refractivity contribution is 0.0730. The van der Waals surface area contributed by atoms with Crippen LogP contribution in [0.1, 0.15) is 33.2 Å². The number of para-hydroxylation sites is 1.